The lowest BCUT2D eigenvalue weighted by molar-refractivity contribution is -0.138. The van der Waals surface area contributed by atoms with Gasteiger partial charge in [-0.25, -0.2) is 18.0 Å². The summed E-state index contributed by atoms with van der Waals surface area (Å²) in [6.07, 6.45) is -3.36. The summed E-state index contributed by atoms with van der Waals surface area (Å²) in [5, 5.41) is 18.2. The fraction of sp³-hybridized carbons (Fsp3) is 0.308. The number of sulfone groups is 1. The number of allylic oxidation sites excluding steroid dienone is 1. The Morgan fingerprint density at radius 3 is 2.42 bits per heavy atom. The Balaban J connectivity index is 2.30. The number of alkyl halides is 3. The molecule has 0 unspecified atom stereocenters. The van der Waals surface area contributed by atoms with Gasteiger partial charge < -0.3 is 10.5 Å². The number of nitrogens with one attached hydrogen (secondary N) is 1. The highest BCUT2D eigenvalue weighted by Gasteiger charge is 2.44. The van der Waals surface area contributed by atoms with E-state index in [9.17, 15) is 36.4 Å². The van der Waals surface area contributed by atoms with E-state index in [4.69, 9.17) is 15.9 Å². The lowest BCUT2D eigenvalue weighted by Crippen LogP contribution is -2.55. The second-order valence-corrected chi connectivity index (χ2v) is 11.3. The first kappa shape index (κ1) is 30.2. The number of nitrogens with zero attached hydrogens (tertiary/aromatic N) is 3. The van der Waals surface area contributed by atoms with Gasteiger partial charge in [-0.05, 0) is 61.2 Å². The van der Waals surface area contributed by atoms with E-state index < -0.39 is 45.6 Å². The van der Waals surface area contributed by atoms with Gasteiger partial charge in [0, 0.05) is 17.6 Å². The Morgan fingerprint density at radius 1 is 1.20 bits per heavy atom. The van der Waals surface area contributed by atoms with Crippen LogP contribution in [0.4, 0.5) is 23.7 Å². The molecular weight excluding hydrogens is 551 g/mol. The van der Waals surface area contributed by atoms with Crippen LogP contribution in [0.2, 0.25) is 0 Å². The first-order chi connectivity index (χ1) is 18.6. The van der Waals surface area contributed by atoms with Crippen molar-refractivity contribution in [1.29, 1.82) is 10.7 Å². The molecule has 1 atom stereocenters. The number of rotatable bonds is 7. The minimum absolute atomic E-state index is 0.00474. The summed E-state index contributed by atoms with van der Waals surface area (Å²) < 4.78 is 68.7. The maximum absolute atomic E-state index is 13.5. The number of hydrogen-bond acceptors (Lipinski definition) is 7. The van der Waals surface area contributed by atoms with Crippen molar-refractivity contribution < 1.29 is 35.9 Å². The molecule has 0 aliphatic carbocycles. The van der Waals surface area contributed by atoms with Crippen LogP contribution in [0.3, 0.4) is 0 Å². The zero-order valence-corrected chi connectivity index (χ0v) is 22.6. The molecule has 14 heteroatoms. The number of hydrogen-bond donors (Lipinski definition) is 2. The molecule has 0 aromatic heterocycles. The molecule has 212 valence electrons. The monoisotopic (exact) mass is 577 g/mol. The number of guanidine groups is 1. The summed E-state index contributed by atoms with van der Waals surface area (Å²) in [6.45, 7) is 1.39. The number of anilines is 1. The van der Waals surface area contributed by atoms with Gasteiger partial charge in [-0.15, -0.1) is 0 Å². The van der Waals surface area contributed by atoms with Crippen molar-refractivity contribution >= 4 is 33.5 Å². The number of halogens is 3. The van der Waals surface area contributed by atoms with E-state index in [-0.39, 0.29) is 46.7 Å². The van der Waals surface area contributed by atoms with Crippen molar-refractivity contribution in [1.82, 2.24) is 4.90 Å². The number of ether oxygens (including phenoxy) is 1. The standard InChI is InChI=1S/C26H26F3N5O5S/c1-15-21(23(35)39-2)22(20-10-9-16(14-30)12-17(20)6-5-11-40(3,37)38)34(25(32)36)24(31)33(15)19-8-4-7-18(13-19)26(27,28)29/h4,7-10,12-13,22,31H,5-6,11H2,1-3H3,(H2,32,36)/t22-/m1/s1. The van der Waals surface area contributed by atoms with E-state index in [1.54, 1.807) is 0 Å². The molecule has 0 radical (unpaired) electrons. The molecule has 2 amide bonds. The Morgan fingerprint density at radius 2 is 1.88 bits per heavy atom. The van der Waals surface area contributed by atoms with Gasteiger partial charge in [0.2, 0.25) is 5.96 Å². The average molecular weight is 578 g/mol. The highest BCUT2D eigenvalue weighted by atomic mass is 32.2. The fourth-order valence-corrected chi connectivity index (χ4v) is 5.22. The average Bonchev–Trinajstić information content (AvgIpc) is 2.86. The van der Waals surface area contributed by atoms with E-state index in [0.717, 1.165) is 41.4 Å². The molecular formula is C26H26F3N5O5S. The van der Waals surface area contributed by atoms with Gasteiger partial charge in [-0.2, -0.15) is 18.4 Å². The number of amides is 2. The molecule has 1 aliphatic rings. The third kappa shape index (κ3) is 6.26. The zero-order valence-electron chi connectivity index (χ0n) is 21.7. The molecule has 2 aromatic carbocycles. The summed E-state index contributed by atoms with van der Waals surface area (Å²) in [5.41, 5.74) is 5.21. The number of methoxy groups -OCH3 is 1. The Hall–Kier alpha value is -4.38. The van der Waals surface area contributed by atoms with Crippen LogP contribution in [-0.4, -0.2) is 50.4 Å². The number of esters is 1. The van der Waals surface area contributed by atoms with Gasteiger partial charge >= 0.3 is 18.2 Å². The van der Waals surface area contributed by atoms with Crippen molar-refractivity contribution in [3.05, 3.63) is 76.0 Å². The van der Waals surface area contributed by atoms with Gasteiger partial charge in [0.05, 0.1) is 35.6 Å². The minimum atomic E-state index is -4.70. The van der Waals surface area contributed by atoms with Crippen molar-refractivity contribution in [3.8, 4) is 6.07 Å². The predicted octanol–water partition coefficient (Wildman–Crippen LogP) is 3.88. The summed E-state index contributed by atoms with van der Waals surface area (Å²) in [6, 6.07) is 7.79. The predicted molar refractivity (Wildman–Crippen MR) is 140 cm³/mol. The smallest absolute Gasteiger partial charge is 0.416 e. The largest absolute Gasteiger partial charge is 0.466 e. The maximum Gasteiger partial charge on any atom is 0.416 e. The molecule has 3 N–H and O–H groups in total. The third-order valence-electron chi connectivity index (χ3n) is 6.30. The minimum Gasteiger partial charge on any atom is -0.466 e. The molecule has 2 aromatic rings. The second kappa shape index (κ2) is 11.4. The van der Waals surface area contributed by atoms with Crippen LogP contribution in [0, 0.1) is 16.7 Å². The molecule has 0 spiro atoms. The fourth-order valence-electron chi connectivity index (χ4n) is 4.55. The SMILES string of the molecule is COC(=O)C1=C(C)N(c2cccc(C(F)(F)F)c2)C(=N)N(C(N)=O)[C@@H]1c1ccc(C#N)cc1CCCS(C)(=O)=O. The number of carbonyl (C=O) groups is 2. The first-order valence-corrected chi connectivity index (χ1v) is 13.8. The van der Waals surface area contributed by atoms with E-state index in [1.807, 2.05) is 6.07 Å². The van der Waals surface area contributed by atoms with E-state index in [0.29, 0.717) is 5.56 Å². The van der Waals surface area contributed by atoms with Gasteiger partial charge in [0.15, 0.2) is 0 Å². The first-order valence-electron chi connectivity index (χ1n) is 11.7. The van der Waals surface area contributed by atoms with Crippen LogP contribution in [0.25, 0.3) is 0 Å². The van der Waals surface area contributed by atoms with Gasteiger partial charge in [0.25, 0.3) is 0 Å². The quantitative estimate of drug-likeness (QED) is 0.473. The third-order valence-corrected chi connectivity index (χ3v) is 7.33. The second-order valence-electron chi connectivity index (χ2n) is 9.07. The van der Waals surface area contributed by atoms with Crippen molar-refractivity contribution in [3.63, 3.8) is 0 Å². The van der Waals surface area contributed by atoms with Gasteiger partial charge in [-0.1, -0.05) is 12.1 Å². The number of carbonyl (C=O) groups excluding carboxylic acids is 2. The number of urea groups is 1. The number of primary amides is 1. The van der Waals surface area contributed by atoms with Crippen LogP contribution in [0.15, 0.2) is 53.7 Å². The summed E-state index contributed by atoms with van der Waals surface area (Å²) >= 11 is 0. The molecule has 0 fully saturated rings. The summed E-state index contributed by atoms with van der Waals surface area (Å²) in [5.74, 6) is -1.75. The normalized spacial score (nSPS) is 16.1. The maximum atomic E-state index is 13.5. The topological polar surface area (TPSA) is 158 Å². The number of nitrogens with two attached hydrogens (primary N) is 1. The van der Waals surface area contributed by atoms with Crippen LogP contribution in [0.5, 0.6) is 0 Å². The highest BCUT2D eigenvalue weighted by Crippen LogP contribution is 2.42. The van der Waals surface area contributed by atoms with Crippen molar-refractivity contribution in [2.24, 2.45) is 5.73 Å². The Labute approximate surface area is 228 Å². The molecule has 1 heterocycles. The number of aryl methyl sites for hydroxylation is 1. The van der Waals surface area contributed by atoms with Crippen molar-refractivity contribution in [2.75, 3.05) is 24.0 Å². The number of nitriles is 1. The van der Waals surface area contributed by atoms with Gasteiger partial charge in [0.1, 0.15) is 15.9 Å². The molecule has 0 saturated carbocycles. The van der Waals surface area contributed by atoms with Crippen molar-refractivity contribution in [2.45, 2.75) is 32.0 Å². The van der Waals surface area contributed by atoms with Crippen LogP contribution < -0.4 is 10.6 Å². The zero-order chi connectivity index (χ0) is 30.0. The van der Waals surface area contributed by atoms with Gasteiger partial charge in [-0.3, -0.25) is 15.2 Å². The van der Waals surface area contributed by atoms with Crippen LogP contribution >= 0.6 is 0 Å². The van der Waals surface area contributed by atoms with E-state index in [1.165, 1.54) is 31.2 Å². The molecule has 10 nitrogen and oxygen atoms in total. The molecule has 0 saturated heterocycles. The Kier molecular flexibility index (Phi) is 8.59. The summed E-state index contributed by atoms with van der Waals surface area (Å²) in [7, 11) is -2.25. The molecule has 3 rings (SSSR count). The Bertz CT molecular complexity index is 1550. The highest BCUT2D eigenvalue weighted by molar-refractivity contribution is 7.90. The van der Waals surface area contributed by atoms with E-state index >= 15 is 0 Å². The van der Waals surface area contributed by atoms with E-state index in [2.05, 4.69) is 0 Å². The molecule has 40 heavy (non-hydrogen) atoms. The summed E-state index contributed by atoms with van der Waals surface area (Å²) in [4.78, 5) is 27.7. The van der Waals surface area contributed by atoms with Crippen LogP contribution in [0.1, 0.15) is 41.6 Å². The van der Waals surface area contributed by atoms with Crippen LogP contribution in [-0.2, 0) is 32.0 Å². The lowest BCUT2D eigenvalue weighted by atomic mass is 9.87. The number of benzene rings is 2. The lowest BCUT2D eigenvalue weighted by Gasteiger charge is -2.43. The molecule has 0 bridgehead atoms. The molecule has 1 aliphatic heterocycles.